The van der Waals surface area contributed by atoms with Crippen molar-refractivity contribution in [3.63, 3.8) is 0 Å². The molecule has 4 rings (SSSR count). The van der Waals surface area contributed by atoms with Crippen molar-refractivity contribution in [2.45, 2.75) is 11.8 Å². The number of anilines is 1. The maximum Gasteiger partial charge on any atom is 0.339 e. The van der Waals surface area contributed by atoms with Crippen LogP contribution in [0.1, 0.15) is 11.1 Å². The summed E-state index contributed by atoms with van der Waals surface area (Å²) in [5.74, 6) is 0.363. The molecule has 1 saturated heterocycles. The fourth-order valence-electron chi connectivity index (χ4n) is 3.18. The van der Waals surface area contributed by atoms with Gasteiger partial charge in [0.2, 0.25) is 0 Å². The Balaban J connectivity index is 1.63. The Hall–Kier alpha value is -3.14. The SMILES string of the molecule is COc1ccc(S(=O)(=O)Oc2ccccc2C=C2SC(=S)N(c3cccc(C)c3)C2=O)cc1. The van der Waals surface area contributed by atoms with Gasteiger partial charge in [-0.25, -0.2) is 0 Å². The first kappa shape index (κ1) is 23.0. The molecule has 0 saturated carbocycles. The molecule has 9 heteroatoms. The standard InChI is InChI=1S/C24H19NO5S3/c1-16-6-5-8-18(14-16)25-23(26)22(32-24(25)31)15-17-7-3-4-9-21(17)30-33(27,28)20-12-10-19(29-2)11-13-20/h3-15H,1-2H3. The number of nitrogens with zero attached hydrogens (tertiary/aromatic N) is 1. The molecular weight excluding hydrogens is 478 g/mol. The average molecular weight is 498 g/mol. The van der Waals surface area contributed by atoms with Crippen LogP contribution in [0, 0.1) is 6.92 Å². The van der Waals surface area contributed by atoms with Gasteiger partial charge in [-0.2, -0.15) is 8.42 Å². The minimum Gasteiger partial charge on any atom is -0.497 e. The summed E-state index contributed by atoms with van der Waals surface area (Å²) < 4.78 is 36.5. The van der Waals surface area contributed by atoms with Gasteiger partial charge in [0.25, 0.3) is 5.91 Å². The van der Waals surface area contributed by atoms with Crippen molar-refractivity contribution >= 4 is 56.1 Å². The Morgan fingerprint density at radius 1 is 1.00 bits per heavy atom. The van der Waals surface area contributed by atoms with Gasteiger partial charge in [-0.05, 0) is 61.0 Å². The van der Waals surface area contributed by atoms with E-state index < -0.39 is 10.1 Å². The van der Waals surface area contributed by atoms with Crippen LogP contribution < -0.4 is 13.8 Å². The first-order valence-electron chi connectivity index (χ1n) is 9.81. The number of para-hydroxylation sites is 1. The molecule has 0 atom stereocenters. The van der Waals surface area contributed by atoms with Gasteiger partial charge < -0.3 is 8.92 Å². The topological polar surface area (TPSA) is 72.9 Å². The van der Waals surface area contributed by atoms with Crippen molar-refractivity contribution in [2.75, 3.05) is 12.0 Å². The highest BCUT2D eigenvalue weighted by Gasteiger charge is 2.33. The number of methoxy groups -OCH3 is 1. The highest BCUT2D eigenvalue weighted by Crippen LogP contribution is 2.37. The van der Waals surface area contributed by atoms with Crippen LogP contribution in [-0.4, -0.2) is 25.8 Å². The number of ether oxygens (including phenoxy) is 1. The van der Waals surface area contributed by atoms with Gasteiger partial charge in [0.05, 0.1) is 17.7 Å². The second kappa shape index (κ2) is 9.38. The summed E-state index contributed by atoms with van der Waals surface area (Å²) in [5.41, 5.74) is 2.14. The number of hydrogen-bond acceptors (Lipinski definition) is 7. The Morgan fingerprint density at radius 2 is 1.73 bits per heavy atom. The predicted molar refractivity (Wildman–Crippen MR) is 134 cm³/mol. The lowest BCUT2D eigenvalue weighted by Crippen LogP contribution is -2.27. The maximum atomic E-state index is 13.1. The van der Waals surface area contributed by atoms with E-state index in [0.29, 0.717) is 26.2 Å². The van der Waals surface area contributed by atoms with E-state index in [1.54, 1.807) is 36.4 Å². The lowest BCUT2D eigenvalue weighted by atomic mass is 10.2. The zero-order valence-corrected chi connectivity index (χ0v) is 20.2. The second-order valence-corrected chi connectivity index (χ2v) is 10.3. The van der Waals surface area contributed by atoms with Crippen LogP contribution in [0.25, 0.3) is 6.08 Å². The molecule has 6 nitrogen and oxygen atoms in total. The molecule has 1 amide bonds. The van der Waals surface area contributed by atoms with Gasteiger partial charge in [-0.1, -0.05) is 54.3 Å². The maximum absolute atomic E-state index is 13.1. The predicted octanol–water partition coefficient (Wildman–Crippen LogP) is 5.18. The third-order valence-electron chi connectivity index (χ3n) is 4.81. The van der Waals surface area contributed by atoms with Crippen molar-refractivity contribution in [3.05, 3.63) is 88.8 Å². The smallest absolute Gasteiger partial charge is 0.339 e. The Morgan fingerprint density at radius 3 is 2.42 bits per heavy atom. The summed E-state index contributed by atoms with van der Waals surface area (Å²) in [6.07, 6.45) is 1.59. The van der Waals surface area contributed by atoms with Gasteiger partial charge in [0.15, 0.2) is 4.32 Å². The fourth-order valence-corrected chi connectivity index (χ4v) is 5.43. The van der Waals surface area contributed by atoms with E-state index in [1.807, 2.05) is 31.2 Å². The van der Waals surface area contributed by atoms with Crippen molar-refractivity contribution < 1.29 is 22.1 Å². The number of carbonyl (C=O) groups is 1. The molecule has 1 heterocycles. The summed E-state index contributed by atoms with van der Waals surface area (Å²) >= 11 is 6.59. The number of rotatable bonds is 6. The molecular formula is C24H19NO5S3. The van der Waals surface area contributed by atoms with Crippen LogP contribution in [0.4, 0.5) is 5.69 Å². The van der Waals surface area contributed by atoms with E-state index in [2.05, 4.69) is 0 Å². The highest BCUT2D eigenvalue weighted by atomic mass is 32.2. The van der Waals surface area contributed by atoms with Crippen LogP contribution in [0.15, 0.2) is 82.6 Å². The molecule has 0 radical (unpaired) electrons. The molecule has 168 valence electrons. The van der Waals surface area contributed by atoms with Crippen LogP contribution in [0.3, 0.4) is 0 Å². The van der Waals surface area contributed by atoms with Crippen LogP contribution in [0.5, 0.6) is 11.5 Å². The first-order valence-corrected chi connectivity index (χ1v) is 12.4. The number of thiocarbonyl (C=S) groups is 1. The van der Waals surface area contributed by atoms with E-state index >= 15 is 0 Å². The van der Waals surface area contributed by atoms with Gasteiger partial charge in [-0.3, -0.25) is 9.69 Å². The normalized spacial score (nSPS) is 15.2. The Bertz CT molecular complexity index is 1360. The second-order valence-electron chi connectivity index (χ2n) is 7.11. The number of hydrogen-bond donors (Lipinski definition) is 0. The largest absolute Gasteiger partial charge is 0.497 e. The average Bonchev–Trinajstić information content (AvgIpc) is 3.07. The molecule has 0 spiro atoms. The molecule has 0 aliphatic carbocycles. The summed E-state index contributed by atoms with van der Waals surface area (Å²) in [4.78, 5) is 14.9. The molecule has 3 aromatic rings. The molecule has 1 aliphatic heterocycles. The quantitative estimate of drug-likeness (QED) is 0.264. The zero-order valence-electron chi connectivity index (χ0n) is 17.7. The summed E-state index contributed by atoms with van der Waals surface area (Å²) in [6.45, 7) is 1.94. The van der Waals surface area contributed by atoms with Crippen molar-refractivity contribution in [2.24, 2.45) is 0 Å². The lowest BCUT2D eigenvalue weighted by Gasteiger charge is -2.15. The molecule has 1 aliphatic rings. The monoisotopic (exact) mass is 497 g/mol. The van der Waals surface area contributed by atoms with Crippen LogP contribution in [0.2, 0.25) is 0 Å². The molecule has 3 aromatic carbocycles. The van der Waals surface area contributed by atoms with E-state index in [9.17, 15) is 13.2 Å². The third-order valence-corrected chi connectivity index (χ3v) is 7.36. The van der Waals surface area contributed by atoms with E-state index in [-0.39, 0.29) is 16.6 Å². The zero-order chi connectivity index (χ0) is 23.6. The molecule has 0 aromatic heterocycles. The van der Waals surface area contributed by atoms with E-state index in [1.165, 1.54) is 30.2 Å². The summed E-state index contributed by atoms with van der Waals surface area (Å²) in [5, 5.41) is 0. The number of carbonyl (C=O) groups excluding carboxylic acids is 1. The van der Waals surface area contributed by atoms with Gasteiger partial charge >= 0.3 is 10.1 Å². The van der Waals surface area contributed by atoms with Crippen molar-refractivity contribution in [3.8, 4) is 11.5 Å². The first-order chi connectivity index (χ1) is 15.8. The number of thioether (sulfide) groups is 1. The van der Waals surface area contributed by atoms with Crippen LogP contribution in [-0.2, 0) is 14.9 Å². The molecule has 33 heavy (non-hydrogen) atoms. The highest BCUT2D eigenvalue weighted by molar-refractivity contribution is 8.27. The van der Waals surface area contributed by atoms with Crippen molar-refractivity contribution in [1.82, 2.24) is 0 Å². The van der Waals surface area contributed by atoms with E-state index in [4.69, 9.17) is 21.1 Å². The van der Waals surface area contributed by atoms with Gasteiger partial charge in [-0.15, -0.1) is 0 Å². The Labute approximate surface area is 202 Å². The number of amides is 1. The number of aryl methyl sites for hydroxylation is 1. The summed E-state index contributed by atoms with van der Waals surface area (Å²) in [6, 6.07) is 20.0. The minimum absolute atomic E-state index is 0.0103. The van der Waals surface area contributed by atoms with Crippen LogP contribution >= 0.6 is 24.0 Å². The minimum atomic E-state index is -4.09. The fraction of sp³-hybridized carbons (Fsp3) is 0.0833. The van der Waals surface area contributed by atoms with Gasteiger partial charge in [0.1, 0.15) is 16.4 Å². The number of benzene rings is 3. The third kappa shape index (κ3) is 4.95. The van der Waals surface area contributed by atoms with E-state index in [0.717, 1.165) is 17.3 Å². The molecule has 0 N–H and O–H groups in total. The molecule has 1 fully saturated rings. The molecule has 0 unspecified atom stereocenters. The lowest BCUT2D eigenvalue weighted by molar-refractivity contribution is -0.113. The summed E-state index contributed by atoms with van der Waals surface area (Å²) in [7, 11) is -2.59. The Kier molecular flexibility index (Phi) is 6.55. The van der Waals surface area contributed by atoms with Crippen molar-refractivity contribution in [1.29, 1.82) is 0 Å². The van der Waals surface area contributed by atoms with Gasteiger partial charge in [0, 0.05) is 5.56 Å². The molecule has 0 bridgehead atoms.